The molecule has 0 unspecified atom stereocenters. The van der Waals surface area contributed by atoms with Crippen molar-refractivity contribution in [2.45, 2.75) is 33.2 Å². The van der Waals surface area contributed by atoms with Crippen molar-refractivity contribution in [3.8, 4) is 0 Å². The van der Waals surface area contributed by atoms with Crippen molar-refractivity contribution in [3.63, 3.8) is 0 Å². The highest BCUT2D eigenvalue weighted by molar-refractivity contribution is 7.59. The van der Waals surface area contributed by atoms with Gasteiger partial charge in [0, 0.05) is 6.04 Å². The van der Waals surface area contributed by atoms with E-state index < -0.39 is 0 Å². The minimum atomic E-state index is 0. The standard InChI is InChI=1S/C6H15N.H2S/c1-5(2)4-6(3)7;/h5-6H,4,7H2,1-3H3;1H2/t6-;/m0./s1. The van der Waals surface area contributed by atoms with Crippen molar-refractivity contribution in [1.82, 2.24) is 0 Å². The molecule has 0 aromatic carbocycles. The van der Waals surface area contributed by atoms with Crippen LogP contribution in [-0.2, 0) is 0 Å². The molecule has 0 aliphatic carbocycles. The molecule has 0 heterocycles. The molecule has 52 valence electrons. The predicted octanol–water partition coefficient (Wildman–Crippen LogP) is 1.49. The molecule has 2 N–H and O–H groups in total. The van der Waals surface area contributed by atoms with E-state index in [0.717, 1.165) is 12.3 Å². The van der Waals surface area contributed by atoms with Crippen molar-refractivity contribution in [1.29, 1.82) is 0 Å². The van der Waals surface area contributed by atoms with Gasteiger partial charge in [-0.1, -0.05) is 13.8 Å². The van der Waals surface area contributed by atoms with E-state index in [9.17, 15) is 0 Å². The molecule has 0 aliphatic heterocycles. The average molecular weight is 135 g/mol. The second-order valence-corrected chi connectivity index (χ2v) is 2.61. The van der Waals surface area contributed by atoms with E-state index in [1.54, 1.807) is 0 Å². The first-order valence-corrected chi connectivity index (χ1v) is 2.88. The second-order valence-electron chi connectivity index (χ2n) is 2.61. The molecule has 0 bridgehead atoms. The fourth-order valence-corrected chi connectivity index (χ4v) is 0.744. The predicted molar refractivity (Wildman–Crippen MR) is 43.5 cm³/mol. The normalized spacial score (nSPS) is 13.1. The Morgan fingerprint density at radius 2 is 1.62 bits per heavy atom. The third-order valence-electron chi connectivity index (χ3n) is 0.843. The minimum absolute atomic E-state index is 0. The first-order valence-electron chi connectivity index (χ1n) is 2.88. The SMILES string of the molecule is CC(C)C[C@H](C)N.S. The Labute approximate surface area is 59.1 Å². The molecule has 0 aliphatic rings. The molecule has 0 saturated heterocycles. The summed E-state index contributed by atoms with van der Waals surface area (Å²) in [6, 6.07) is 0.375. The highest BCUT2D eigenvalue weighted by atomic mass is 32.1. The van der Waals surface area contributed by atoms with Crippen LogP contribution in [0.1, 0.15) is 27.2 Å². The van der Waals surface area contributed by atoms with E-state index in [0.29, 0.717) is 6.04 Å². The Balaban J connectivity index is 0. The first-order chi connectivity index (χ1) is 3.13. The Bertz CT molecular complexity index is 37.8. The second kappa shape index (κ2) is 5.45. The summed E-state index contributed by atoms with van der Waals surface area (Å²) in [6.07, 6.45) is 1.14. The van der Waals surface area contributed by atoms with Crippen LogP contribution in [0, 0.1) is 5.92 Å². The fraction of sp³-hybridized carbons (Fsp3) is 1.00. The molecule has 0 aromatic rings. The molecule has 0 aromatic heterocycles. The van der Waals surface area contributed by atoms with Gasteiger partial charge in [-0.15, -0.1) is 0 Å². The Morgan fingerprint density at radius 1 is 1.25 bits per heavy atom. The summed E-state index contributed by atoms with van der Waals surface area (Å²) < 4.78 is 0. The molecule has 0 spiro atoms. The van der Waals surface area contributed by atoms with Crippen molar-refractivity contribution < 1.29 is 0 Å². The van der Waals surface area contributed by atoms with E-state index in [1.165, 1.54) is 0 Å². The topological polar surface area (TPSA) is 26.0 Å². The van der Waals surface area contributed by atoms with Gasteiger partial charge in [0.1, 0.15) is 0 Å². The molecule has 2 heteroatoms. The monoisotopic (exact) mass is 135 g/mol. The van der Waals surface area contributed by atoms with Crippen LogP contribution in [-0.4, -0.2) is 6.04 Å². The van der Waals surface area contributed by atoms with Crippen molar-refractivity contribution >= 4 is 13.5 Å². The van der Waals surface area contributed by atoms with Crippen LogP contribution in [0.3, 0.4) is 0 Å². The number of rotatable bonds is 2. The van der Waals surface area contributed by atoms with Crippen LogP contribution < -0.4 is 5.73 Å². The smallest absolute Gasteiger partial charge is 0.00129 e. The zero-order valence-corrected chi connectivity index (χ0v) is 6.94. The van der Waals surface area contributed by atoms with Gasteiger partial charge in [0.2, 0.25) is 0 Å². The quantitative estimate of drug-likeness (QED) is 0.610. The molecule has 1 nitrogen and oxygen atoms in total. The summed E-state index contributed by atoms with van der Waals surface area (Å²) in [6.45, 7) is 6.41. The van der Waals surface area contributed by atoms with Gasteiger partial charge in [0.25, 0.3) is 0 Å². The largest absolute Gasteiger partial charge is 0.328 e. The summed E-state index contributed by atoms with van der Waals surface area (Å²) in [4.78, 5) is 0. The Morgan fingerprint density at radius 3 is 1.62 bits per heavy atom. The van der Waals surface area contributed by atoms with Gasteiger partial charge in [-0.05, 0) is 19.3 Å². The third kappa shape index (κ3) is 9.58. The summed E-state index contributed by atoms with van der Waals surface area (Å²) in [5.74, 6) is 0.750. The maximum absolute atomic E-state index is 5.49. The van der Waals surface area contributed by atoms with Gasteiger partial charge in [-0.25, -0.2) is 0 Å². The summed E-state index contributed by atoms with van der Waals surface area (Å²) in [5.41, 5.74) is 5.49. The third-order valence-corrected chi connectivity index (χ3v) is 0.843. The Kier molecular flexibility index (Phi) is 7.59. The van der Waals surface area contributed by atoms with Crippen LogP contribution in [0.2, 0.25) is 0 Å². The molecular formula is C6H17NS. The Hall–Kier alpha value is 0.310. The number of hydrogen-bond acceptors (Lipinski definition) is 1. The van der Waals surface area contributed by atoms with Crippen molar-refractivity contribution in [2.75, 3.05) is 0 Å². The highest BCUT2D eigenvalue weighted by Crippen LogP contribution is 2.00. The molecule has 0 rings (SSSR count). The molecule has 0 radical (unpaired) electrons. The lowest BCUT2D eigenvalue weighted by Crippen LogP contribution is -2.16. The average Bonchev–Trinajstić information content (AvgIpc) is 1.27. The van der Waals surface area contributed by atoms with Crippen LogP contribution in [0.4, 0.5) is 0 Å². The summed E-state index contributed by atoms with van der Waals surface area (Å²) >= 11 is 0. The molecule has 8 heavy (non-hydrogen) atoms. The lowest BCUT2D eigenvalue weighted by Gasteiger charge is -2.05. The fourth-order valence-electron chi connectivity index (χ4n) is 0.744. The minimum Gasteiger partial charge on any atom is -0.328 e. The molecule has 1 atom stereocenters. The summed E-state index contributed by atoms with van der Waals surface area (Å²) in [7, 11) is 0. The van der Waals surface area contributed by atoms with E-state index in [4.69, 9.17) is 5.73 Å². The number of nitrogens with two attached hydrogens (primary N) is 1. The van der Waals surface area contributed by atoms with Crippen LogP contribution in [0.5, 0.6) is 0 Å². The zero-order chi connectivity index (χ0) is 5.86. The van der Waals surface area contributed by atoms with Gasteiger partial charge in [0.15, 0.2) is 0 Å². The van der Waals surface area contributed by atoms with E-state index in [2.05, 4.69) is 13.8 Å². The summed E-state index contributed by atoms with van der Waals surface area (Å²) in [5, 5.41) is 0. The number of hydrogen-bond donors (Lipinski definition) is 1. The van der Waals surface area contributed by atoms with Crippen molar-refractivity contribution in [2.24, 2.45) is 11.7 Å². The van der Waals surface area contributed by atoms with E-state index in [-0.39, 0.29) is 13.5 Å². The molecule has 0 saturated carbocycles. The molecular weight excluding hydrogens is 118 g/mol. The van der Waals surface area contributed by atoms with E-state index >= 15 is 0 Å². The highest BCUT2D eigenvalue weighted by Gasteiger charge is 1.95. The van der Waals surface area contributed by atoms with Crippen LogP contribution in [0.25, 0.3) is 0 Å². The van der Waals surface area contributed by atoms with Gasteiger partial charge >= 0.3 is 0 Å². The molecule has 0 amide bonds. The maximum Gasteiger partial charge on any atom is 0.00129 e. The first kappa shape index (κ1) is 11.2. The van der Waals surface area contributed by atoms with Gasteiger partial charge in [0.05, 0.1) is 0 Å². The van der Waals surface area contributed by atoms with Gasteiger partial charge < -0.3 is 5.73 Å². The maximum atomic E-state index is 5.49. The molecule has 0 fully saturated rings. The lowest BCUT2D eigenvalue weighted by atomic mass is 10.1. The lowest BCUT2D eigenvalue weighted by molar-refractivity contribution is 0.520. The van der Waals surface area contributed by atoms with Crippen LogP contribution >= 0.6 is 13.5 Å². The van der Waals surface area contributed by atoms with Crippen molar-refractivity contribution in [3.05, 3.63) is 0 Å². The van der Waals surface area contributed by atoms with Gasteiger partial charge in [-0.2, -0.15) is 13.5 Å². The zero-order valence-electron chi connectivity index (χ0n) is 5.94. The van der Waals surface area contributed by atoms with Gasteiger partial charge in [-0.3, -0.25) is 0 Å². The van der Waals surface area contributed by atoms with E-state index in [1.807, 2.05) is 6.92 Å². The van der Waals surface area contributed by atoms with Crippen LogP contribution in [0.15, 0.2) is 0 Å².